The molecule has 0 N–H and O–H groups in total. The Bertz CT molecular complexity index is 530. The summed E-state index contributed by atoms with van der Waals surface area (Å²) in [6, 6.07) is 18.7. The number of benzene rings is 2. The number of likely N-dealkylation sites (N-methyl/N-ethyl adjacent to an activating group) is 1. The van der Waals surface area contributed by atoms with Crippen LogP contribution < -0.4 is 0 Å². The molecule has 0 spiro atoms. The van der Waals surface area contributed by atoms with Crippen molar-refractivity contribution < 1.29 is 0 Å². The Hall–Kier alpha value is -0.830. The highest BCUT2D eigenvalue weighted by atomic mass is 79.9. The fraction of sp³-hybridized carbons (Fsp3) is 0.294. The van der Waals surface area contributed by atoms with Crippen LogP contribution >= 0.6 is 27.5 Å². The van der Waals surface area contributed by atoms with Crippen LogP contribution in [-0.2, 0) is 6.54 Å². The van der Waals surface area contributed by atoms with E-state index in [0.29, 0.717) is 5.92 Å². The number of halogens is 2. The summed E-state index contributed by atoms with van der Waals surface area (Å²) >= 11 is 9.66. The molecule has 0 amide bonds. The third kappa shape index (κ3) is 4.62. The third-order valence-electron chi connectivity index (χ3n) is 3.33. The highest BCUT2D eigenvalue weighted by molar-refractivity contribution is 9.09. The van der Waals surface area contributed by atoms with Gasteiger partial charge in [0.25, 0.3) is 0 Å². The van der Waals surface area contributed by atoms with Gasteiger partial charge < -0.3 is 4.90 Å². The van der Waals surface area contributed by atoms with Gasteiger partial charge in [0.2, 0.25) is 0 Å². The minimum Gasteiger partial charge on any atom is -0.301 e. The van der Waals surface area contributed by atoms with Gasteiger partial charge in [-0.2, -0.15) is 0 Å². The monoisotopic (exact) mass is 351 g/mol. The zero-order chi connectivity index (χ0) is 14.4. The van der Waals surface area contributed by atoms with Gasteiger partial charge in [0.1, 0.15) is 0 Å². The lowest BCUT2D eigenvalue weighted by atomic mass is 10.0. The normalized spacial score (nSPS) is 12.6. The van der Waals surface area contributed by atoms with E-state index >= 15 is 0 Å². The van der Waals surface area contributed by atoms with Crippen molar-refractivity contribution in [3.05, 3.63) is 70.7 Å². The average Bonchev–Trinajstić information content (AvgIpc) is 2.45. The van der Waals surface area contributed by atoms with Gasteiger partial charge in [0.15, 0.2) is 0 Å². The fourth-order valence-electron chi connectivity index (χ4n) is 2.36. The number of nitrogens with zero attached hydrogens (tertiary/aromatic N) is 1. The molecule has 1 unspecified atom stereocenters. The molecular weight excluding hydrogens is 334 g/mol. The summed E-state index contributed by atoms with van der Waals surface area (Å²) in [6.07, 6.45) is 0. The van der Waals surface area contributed by atoms with Crippen molar-refractivity contribution >= 4 is 27.5 Å². The maximum atomic E-state index is 6.03. The molecule has 2 aromatic carbocycles. The van der Waals surface area contributed by atoms with Crippen LogP contribution in [0, 0.1) is 0 Å². The Labute approximate surface area is 134 Å². The molecule has 0 radical (unpaired) electrons. The largest absolute Gasteiger partial charge is 0.301 e. The van der Waals surface area contributed by atoms with Gasteiger partial charge in [-0.05, 0) is 30.3 Å². The molecule has 106 valence electrons. The standard InChI is InChI=1S/C17H19BrClN/c1-20(12-14-6-5-9-17(19)10-14)13-16(11-18)15-7-3-2-4-8-15/h2-10,16H,11-13H2,1H3. The minimum absolute atomic E-state index is 0.500. The topological polar surface area (TPSA) is 3.24 Å². The van der Waals surface area contributed by atoms with Gasteiger partial charge in [-0.1, -0.05) is 70.0 Å². The van der Waals surface area contributed by atoms with E-state index in [1.807, 2.05) is 18.2 Å². The van der Waals surface area contributed by atoms with E-state index in [1.54, 1.807) is 0 Å². The molecule has 2 rings (SSSR count). The number of alkyl halides is 1. The fourth-order valence-corrected chi connectivity index (χ4v) is 3.15. The maximum Gasteiger partial charge on any atom is 0.0409 e. The van der Waals surface area contributed by atoms with Crippen LogP contribution in [0.1, 0.15) is 17.0 Å². The molecule has 0 aromatic heterocycles. The Morgan fingerprint density at radius 1 is 1.10 bits per heavy atom. The van der Waals surface area contributed by atoms with Crippen molar-refractivity contribution in [2.75, 3.05) is 18.9 Å². The second-order valence-corrected chi connectivity index (χ2v) is 6.17. The van der Waals surface area contributed by atoms with Crippen molar-refractivity contribution in [1.82, 2.24) is 4.90 Å². The second kappa shape index (κ2) is 7.82. The summed E-state index contributed by atoms with van der Waals surface area (Å²) in [4.78, 5) is 2.34. The summed E-state index contributed by atoms with van der Waals surface area (Å²) in [5.74, 6) is 0.500. The van der Waals surface area contributed by atoms with Crippen LogP contribution in [0.3, 0.4) is 0 Å². The van der Waals surface area contributed by atoms with Crippen LogP contribution in [0.2, 0.25) is 5.02 Å². The van der Waals surface area contributed by atoms with Crippen molar-refractivity contribution in [1.29, 1.82) is 0 Å². The maximum absolute atomic E-state index is 6.03. The molecule has 0 aliphatic heterocycles. The van der Waals surface area contributed by atoms with Crippen LogP contribution in [-0.4, -0.2) is 23.8 Å². The molecule has 2 aromatic rings. The van der Waals surface area contributed by atoms with Crippen molar-refractivity contribution in [3.63, 3.8) is 0 Å². The first-order valence-corrected chi connectivity index (χ1v) is 8.23. The predicted molar refractivity (Wildman–Crippen MR) is 90.8 cm³/mol. The van der Waals surface area contributed by atoms with Gasteiger partial charge in [-0.25, -0.2) is 0 Å². The molecular formula is C17H19BrClN. The van der Waals surface area contributed by atoms with E-state index < -0.39 is 0 Å². The van der Waals surface area contributed by atoms with E-state index in [2.05, 4.69) is 64.3 Å². The highest BCUT2D eigenvalue weighted by Gasteiger charge is 2.12. The molecule has 0 saturated carbocycles. The number of hydrogen-bond acceptors (Lipinski definition) is 1. The van der Waals surface area contributed by atoms with Crippen LogP contribution in [0.15, 0.2) is 54.6 Å². The predicted octanol–water partition coefficient (Wildman–Crippen LogP) is 4.95. The minimum atomic E-state index is 0.500. The van der Waals surface area contributed by atoms with Crippen LogP contribution in [0.25, 0.3) is 0 Å². The van der Waals surface area contributed by atoms with Gasteiger partial charge in [-0.3, -0.25) is 0 Å². The van der Waals surface area contributed by atoms with E-state index in [0.717, 1.165) is 23.4 Å². The van der Waals surface area contributed by atoms with E-state index in [4.69, 9.17) is 11.6 Å². The molecule has 1 atom stereocenters. The Balaban J connectivity index is 1.97. The quantitative estimate of drug-likeness (QED) is 0.665. The first kappa shape index (κ1) is 15.6. The summed E-state index contributed by atoms with van der Waals surface area (Å²) in [6.45, 7) is 1.93. The Morgan fingerprint density at radius 2 is 1.85 bits per heavy atom. The van der Waals surface area contributed by atoms with E-state index in [1.165, 1.54) is 11.1 Å². The van der Waals surface area contributed by atoms with Crippen LogP contribution in [0.4, 0.5) is 0 Å². The molecule has 0 bridgehead atoms. The van der Waals surface area contributed by atoms with E-state index in [-0.39, 0.29) is 0 Å². The molecule has 0 aliphatic rings. The number of hydrogen-bond donors (Lipinski definition) is 0. The van der Waals surface area contributed by atoms with Crippen molar-refractivity contribution in [3.8, 4) is 0 Å². The lowest BCUT2D eigenvalue weighted by Gasteiger charge is -2.23. The smallest absolute Gasteiger partial charge is 0.0409 e. The van der Waals surface area contributed by atoms with Crippen molar-refractivity contribution in [2.24, 2.45) is 0 Å². The summed E-state index contributed by atoms with van der Waals surface area (Å²) < 4.78 is 0. The molecule has 0 aliphatic carbocycles. The van der Waals surface area contributed by atoms with Crippen LogP contribution in [0.5, 0.6) is 0 Å². The average molecular weight is 353 g/mol. The number of rotatable bonds is 6. The molecule has 20 heavy (non-hydrogen) atoms. The molecule has 1 nitrogen and oxygen atoms in total. The van der Waals surface area contributed by atoms with Gasteiger partial charge in [0.05, 0.1) is 0 Å². The highest BCUT2D eigenvalue weighted by Crippen LogP contribution is 2.20. The molecule has 0 saturated heterocycles. The van der Waals surface area contributed by atoms with E-state index in [9.17, 15) is 0 Å². The Kier molecular flexibility index (Phi) is 6.08. The first-order valence-electron chi connectivity index (χ1n) is 6.73. The SMILES string of the molecule is CN(Cc1cccc(Cl)c1)CC(CBr)c1ccccc1. The van der Waals surface area contributed by atoms with Crippen molar-refractivity contribution in [2.45, 2.75) is 12.5 Å². The lowest BCUT2D eigenvalue weighted by molar-refractivity contribution is 0.311. The first-order chi connectivity index (χ1) is 9.69. The molecule has 0 heterocycles. The lowest BCUT2D eigenvalue weighted by Crippen LogP contribution is -2.25. The van der Waals surface area contributed by atoms with Gasteiger partial charge in [-0.15, -0.1) is 0 Å². The van der Waals surface area contributed by atoms with Gasteiger partial charge >= 0.3 is 0 Å². The zero-order valence-corrected chi connectivity index (χ0v) is 13.9. The molecule has 3 heteroatoms. The second-order valence-electron chi connectivity index (χ2n) is 5.09. The van der Waals surface area contributed by atoms with Gasteiger partial charge in [0, 0.05) is 29.4 Å². The summed E-state index contributed by atoms with van der Waals surface area (Å²) in [5.41, 5.74) is 2.63. The zero-order valence-electron chi connectivity index (χ0n) is 11.6. The molecule has 0 fully saturated rings. The third-order valence-corrected chi connectivity index (χ3v) is 4.35. The summed E-state index contributed by atoms with van der Waals surface area (Å²) in [5, 5.41) is 1.77. The Morgan fingerprint density at radius 3 is 2.50 bits per heavy atom. The summed E-state index contributed by atoms with van der Waals surface area (Å²) in [7, 11) is 2.15.